The van der Waals surface area contributed by atoms with Crippen molar-refractivity contribution in [3.63, 3.8) is 0 Å². The Morgan fingerprint density at radius 2 is 1.83 bits per heavy atom. The van der Waals surface area contributed by atoms with Crippen molar-refractivity contribution < 1.29 is 9.31 Å². The van der Waals surface area contributed by atoms with Crippen molar-refractivity contribution in [2.45, 2.75) is 51.9 Å². The van der Waals surface area contributed by atoms with E-state index < -0.39 is 0 Å². The highest BCUT2D eigenvalue weighted by molar-refractivity contribution is 6.62. The molecule has 1 N–H and O–H groups in total. The first-order valence-corrected chi connectivity index (χ1v) is 8.44. The van der Waals surface area contributed by atoms with Crippen molar-refractivity contribution in [2.24, 2.45) is 0 Å². The Labute approximate surface area is 138 Å². The van der Waals surface area contributed by atoms with Crippen LogP contribution < -0.4 is 5.46 Å². The maximum Gasteiger partial charge on any atom is 0.494 e. The lowest BCUT2D eigenvalue weighted by molar-refractivity contribution is 0.00578. The summed E-state index contributed by atoms with van der Waals surface area (Å²) in [6.45, 7) is 10.5. The Kier molecular flexibility index (Phi) is 3.22. The molecule has 0 saturated carbocycles. The topological polar surface area (TPSA) is 37.5 Å². The van der Waals surface area contributed by atoms with E-state index in [1.165, 1.54) is 22.2 Å². The Balaban J connectivity index is 1.74. The van der Waals surface area contributed by atoms with E-state index in [1.807, 2.05) is 0 Å². The van der Waals surface area contributed by atoms with Gasteiger partial charge in [0.1, 0.15) is 0 Å². The molecule has 1 fully saturated rings. The quantitative estimate of drug-likeness (QED) is 0.822. The minimum atomic E-state index is -0.301. The number of fused-ring (bicyclic) bond motifs is 3. The van der Waals surface area contributed by atoms with E-state index >= 15 is 0 Å². The van der Waals surface area contributed by atoms with Crippen LogP contribution in [0.1, 0.15) is 39.0 Å². The molecule has 122 valence electrons. The molecular weight excluding hydrogens is 287 g/mol. The molecule has 2 aliphatic heterocycles. The highest BCUT2D eigenvalue weighted by atomic mass is 16.7. The number of hydrogen-bond acceptors (Lipinski definition) is 3. The number of aromatic amines is 1. The predicted octanol–water partition coefficient (Wildman–Crippen LogP) is 2.46. The van der Waals surface area contributed by atoms with E-state index in [4.69, 9.17) is 9.31 Å². The summed E-state index contributed by atoms with van der Waals surface area (Å²) < 4.78 is 12.4. The van der Waals surface area contributed by atoms with Crippen molar-refractivity contribution >= 4 is 23.5 Å². The molecule has 0 spiro atoms. The molecular formula is C18H25BN2O2. The third-order valence-electron chi connectivity index (χ3n) is 5.72. The lowest BCUT2D eigenvalue weighted by Gasteiger charge is -2.32. The number of nitrogens with one attached hydrogen (secondary N) is 1. The summed E-state index contributed by atoms with van der Waals surface area (Å²) in [5, 5.41) is 1.30. The van der Waals surface area contributed by atoms with E-state index in [2.05, 4.69) is 62.8 Å². The molecule has 0 bridgehead atoms. The third-order valence-corrected chi connectivity index (χ3v) is 5.72. The number of rotatable bonds is 1. The summed E-state index contributed by atoms with van der Waals surface area (Å²) in [5.74, 6) is 0. The fourth-order valence-corrected chi connectivity index (χ4v) is 3.49. The van der Waals surface area contributed by atoms with Crippen LogP contribution in [0, 0.1) is 0 Å². The molecule has 23 heavy (non-hydrogen) atoms. The fraction of sp³-hybridized carbons (Fsp3) is 0.556. The van der Waals surface area contributed by atoms with Gasteiger partial charge in [0, 0.05) is 36.1 Å². The standard InChI is InChI=1S/C18H25BN2O2/c1-17(2)18(3,4)23-19(22-17)12-6-7-15-13(10-12)14-11-21(5)9-8-16(14)20-15/h6-7,10,20H,8-9,11H2,1-5H3. The Hall–Kier alpha value is -1.30. The first kappa shape index (κ1) is 15.2. The monoisotopic (exact) mass is 312 g/mol. The van der Waals surface area contributed by atoms with Gasteiger partial charge in [-0.25, -0.2) is 0 Å². The second-order valence-electron chi connectivity index (χ2n) is 7.96. The first-order valence-electron chi connectivity index (χ1n) is 8.44. The minimum absolute atomic E-state index is 0.295. The van der Waals surface area contributed by atoms with E-state index in [0.717, 1.165) is 25.0 Å². The largest absolute Gasteiger partial charge is 0.494 e. The lowest BCUT2D eigenvalue weighted by atomic mass is 9.78. The summed E-state index contributed by atoms with van der Waals surface area (Å²) in [6, 6.07) is 6.52. The van der Waals surface area contributed by atoms with Gasteiger partial charge in [0.15, 0.2) is 0 Å². The predicted molar refractivity (Wildman–Crippen MR) is 94.1 cm³/mol. The maximum absolute atomic E-state index is 6.20. The molecule has 1 aromatic heterocycles. The summed E-state index contributed by atoms with van der Waals surface area (Å²) in [6.07, 6.45) is 1.09. The van der Waals surface area contributed by atoms with Crippen LogP contribution in [0.15, 0.2) is 18.2 Å². The molecule has 2 aliphatic rings. The molecule has 0 radical (unpaired) electrons. The van der Waals surface area contributed by atoms with Crippen LogP contribution in [0.25, 0.3) is 10.9 Å². The van der Waals surface area contributed by atoms with Crippen LogP contribution in [0.4, 0.5) is 0 Å². The number of aromatic nitrogens is 1. The second-order valence-corrected chi connectivity index (χ2v) is 7.96. The van der Waals surface area contributed by atoms with Crippen molar-refractivity contribution in [1.82, 2.24) is 9.88 Å². The summed E-state index contributed by atoms with van der Waals surface area (Å²) >= 11 is 0. The van der Waals surface area contributed by atoms with Crippen LogP contribution in [-0.4, -0.2) is 41.8 Å². The molecule has 2 aromatic rings. The van der Waals surface area contributed by atoms with Crippen molar-refractivity contribution in [3.05, 3.63) is 29.5 Å². The molecule has 0 atom stereocenters. The highest BCUT2D eigenvalue weighted by Gasteiger charge is 2.51. The van der Waals surface area contributed by atoms with Crippen molar-refractivity contribution in [1.29, 1.82) is 0 Å². The molecule has 1 aromatic carbocycles. The highest BCUT2D eigenvalue weighted by Crippen LogP contribution is 2.37. The van der Waals surface area contributed by atoms with Crippen LogP contribution in [0.5, 0.6) is 0 Å². The number of H-pyrrole nitrogens is 1. The second kappa shape index (κ2) is 4.85. The van der Waals surface area contributed by atoms with E-state index in [9.17, 15) is 0 Å². The van der Waals surface area contributed by atoms with Gasteiger partial charge < -0.3 is 19.2 Å². The van der Waals surface area contributed by atoms with Crippen LogP contribution in [0.2, 0.25) is 0 Å². The Morgan fingerprint density at radius 1 is 1.13 bits per heavy atom. The first-order chi connectivity index (χ1) is 10.8. The summed E-state index contributed by atoms with van der Waals surface area (Å²) in [5.41, 5.74) is 4.52. The molecule has 4 rings (SSSR count). The van der Waals surface area contributed by atoms with Gasteiger partial charge in [-0.1, -0.05) is 12.1 Å². The molecule has 1 saturated heterocycles. The summed E-state index contributed by atoms with van der Waals surface area (Å²) in [4.78, 5) is 5.95. The van der Waals surface area contributed by atoms with Gasteiger partial charge in [0.2, 0.25) is 0 Å². The van der Waals surface area contributed by atoms with Gasteiger partial charge in [-0.05, 0) is 51.8 Å². The zero-order valence-electron chi connectivity index (χ0n) is 14.7. The van der Waals surface area contributed by atoms with Gasteiger partial charge in [-0.15, -0.1) is 0 Å². The average Bonchev–Trinajstić information content (AvgIpc) is 2.93. The minimum Gasteiger partial charge on any atom is -0.399 e. The molecule has 0 amide bonds. The molecule has 4 nitrogen and oxygen atoms in total. The average molecular weight is 312 g/mol. The van der Waals surface area contributed by atoms with Crippen LogP contribution in [-0.2, 0) is 22.3 Å². The van der Waals surface area contributed by atoms with Gasteiger partial charge in [0.25, 0.3) is 0 Å². The smallest absolute Gasteiger partial charge is 0.399 e. The van der Waals surface area contributed by atoms with E-state index in [1.54, 1.807) is 0 Å². The van der Waals surface area contributed by atoms with Gasteiger partial charge in [-0.3, -0.25) is 0 Å². The zero-order valence-corrected chi connectivity index (χ0v) is 14.7. The summed E-state index contributed by atoms with van der Waals surface area (Å²) in [7, 11) is 1.89. The van der Waals surface area contributed by atoms with Gasteiger partial charge in [-0.2, -0.15) is 0 Å². The molecule has 0 unspecified atom stereocenters. The van der Waals surface area contributed by atoms with E-state index in [0.29, 0.717) is 0 Å². The molecule has 5 heteroatoms. The van der Waals surface area contributed by atoms with Gasteiger partial charge >= 0.3 is 7.12 Å². The SMILES string of the molecule is CN1CCc2[nH]c3ccc(B4OC(C)(C)C(C)(C)O4)cc3c2C1. The van der Waals surface area contributed by atoms with Gasteiger partial charge in [0.05, 0.1) is 11.2 Å². The fourth-order valence-electron chi connectivity index (χ4n) is 3.49. The number of benzene rings is 1. The third kappa shape index (κ3) is 2.33. The molecule has 0 aliphatic carbocycles. The number of hydrogen-bond donors (Lipinski definition) is 1. The zero-order chi connectivity index (χ0) is 16.4. The maximum atomic E-state index is 6.20. The van der Waals surface area contributed by atoms with Crippen LogP contribution >= 0.6 is 0 Å². The van der Waals surface area contributed by atoms with Crippen molar-refractivity contribution in [2.75, 3.05) is 13.6 Å². The molecule has 3 heterocycles. The number of nitrogens with zero attached hydrogens (tertiary/aromatic N) is 1. The Bertz CT molecular complexity index is 750. The van der Waals surface area contributed by atoms with Crippen LogP contribution in [0.3, 0.4) is 0 Å². The number of likely N-dealkylation sites (N-methyl/N-ethyl adjacent to an activating group) is 1. The lowest BCUT2D eigenvalue weighted by Crippen LogP contribution is -2.41. The van der Waals surface area contributed by atoms with Crippen molar-refractivity contribution in [3.8, 4) is 0 Å². The van der Waals surface area contributed by atoms with E-state index in [-0.39, 0.29) is 18.3 Å². The normalized spacial score (nSPS) is 23.4. The Morgan fingerprint density at radius 3 is 2.52 bits per heavy atom.